The molecule has 4 rings (SSSR count). The van der Waals surface area contributed by atoms with E-state index < -0.39 is 0 Å². The summed E-state index contributed by atoms with van der Waals surface area (Å²) in [6.07, 6.45) is 1.03. The molecule has 0 unspecified atom stereocenters. The highest BCUT2D eigenvalue weighted by molar-refractivity contribution is 7.17. The van der Waals surface area contributed by atoms with Crippen molar-refractivity contribution in [3.63, 3.8) is 0 Å². The Hall–Kier alpha value is -2.23. The van der Waals surface area contributed by atoms with Crippen molar-refractivity contribution in [2.45, 2.75) is 19.4 Å². The second-order valence-electron chi connectivity index (χ2n) is 7.20. The Bertz CT molecular complexity index is 938. The SMILES string of the molecule is COCCN1C(=O)CN(C)C(=O)c2c1sc1c2CCN(C(=O)Cc2cccs2)C1. The zero-order valence-electron chi connectivity index (χ0n) is 16.5. The Kier molecular flexibility index (Phi) is 5.71. The number of rotatable bonds is 5. The average Bonchev–Trinajstić information content (AvgIpc) is 3.32. The van der Waals surface area contributed by atoms with Crippen molar-refractivity contribution in [2.75, 3.05) is 45.3 Å². The molecule has 7 nitrogen and oxygen atoms in total. The summed E-state index contributed by atoms with van der Waals surface area (Å²) >= 11 is 3.04. The van der Waals surface area contributed by atoms with Crippen molar-refractivity contribution in [3.8, 4) is 0 Å². The summed E-state index contributed by atoms with van der Waals surface area (Å²) in [4.78, 5) is 45.5. The van der Waals surface area contributed by atoms with E-state index in [-0.39, 0.29) is 24.3 Å². The van der Waals surface area contributed by atoms with Crippen LogP contribution in [0, 0.1) is 0 Å². The van der Waals surface area contributed by atoms with Crippen LogP contribution in [0.15, 0.2) is 17.5 Å². The van der Waals surface area contributed by atoms with E-state index in [9.17, 15) is 14.4 Å². The minimum atomic E-state index is -0.121. The maximum absolute atomic E-state index is 13.0. The van der Waals surface area contributed by atoms with E-state index >= 15 is 0 Å². The van der Waals surface area contributed by atoms with Gasteiger partial charge >= 0.3 is 0 Å². The molecule has 2 aliphatic heterocycles. The highest BCUT2D eigenvalue weighted by Crippen LogP contribution is 2.41. The van der Waals surface area contributed by atoms with Crippen LogP contribution in [0.4, 0.5) is 5.00 Å². The normalized spacial score (nSPS) is 16.7. The van der Waals surface area contributed by atoms with E-state index in [4.69, 9.17) is 4.74 Å². The number of thiophene rings is 2. The molecular weight excluding hydrogens is 410 g/mol. The molecule has 0 atom stereocenters. The Labute approximate surface area is 177 Å². The van der Waals surface area contributed by atoms with E-state index in [1.165, 1.54) is 16.2 Å². The molecular formula is C20H23N3O4S2. The Morgan fingerprint density at radius 1 is 1.28 bits per heavy atom. The highest BCUT2D eigenvalue weighted by atomic mass is 32.1. The molecule has 0 spiro atoms. The molecule has 0 aliphatic carbocycles. The topological polar surface area (TPSA) is 70.2 Å². The lowest BCUT2D eigenvalue weighted by molar-refractivity contribution is -0.131. The highest BCUT2D eigenvalue weighted by Gasteiger charge is 2.37. The summed E-state index contributed by atoms with van der Waals surface area (Å²) in [5, 5.41) is 2.67. The monoisotopic (exact) mass is 433 g/mol. The van der Waals surface area contributed by atoms with Gasteiger partial charge in [-0.15, -0.1) is 22.7 Å². The van der Waals surface area contributed by atoms with Gasteiger partial charge in [0.1, 0.15) is 11.5 Å². The zero-order valence-corrected chi connectivity index (χ0v) is 18.1. The van der Waals surface area contributed by atoms with E-state index in [1.54, 1.807) is 30.4 Å². The van der Waals surface area contributed by atoms with Crippen molar-refractivity contribution in [2.24, 2.45) is 0 Å². The Morgan fingerprint density at radius 3 is 2.83 bits per heavy atom. The van der Waals surface area contributed by atoms with Crippen LogP contribution in [0.3, 0.4) is 0 Å². The first kappa shape index (κ1) is 20.1. The number of nitrogens with zero attached hydrogens (tertiary/aromatic N) is 3. The van der Waals surface area contributed by atoms with Crippen LogP contribution >= 0.6 is 22.7 Å². The first-order chi connectivity index (χ1) is 14.0. The van der Waals surface area contributed by atoms with Crippen LogP contribution in [-0.2, 0) is 33.7 Å². The summed E-state index contributed by atoms with van der Waals surface area (Å²) in [6, 6.07) is 3.92. The summed E-state index contributed by atoms with van der Waals surface area (Å²) in [6.45, 7) is 1.94. The second-order valence-corrected chi connectivity index (χ2v) is 9.32. The van der Waals surface area contributed by atoms with Gasteiger partial charge in [-0.25, -0.2) is 0 Å². The molecule has 2 aliphatic rings. The Morgan fingerprint density at radius 2 is 2.10 bits per heavy atom. The number of hydrogen-bond acceptors (Lipinski definition) is 6. The largest absolute Gasteiger partial charge is 0.383 e. The van der Waals surface area contributed by atoms with Crippen LogP contribution in [-0.4, -0.2) is 67.9 Å². The molecule has 0 aromatic carbocycles. The molecule has 0 N–H and O–H groups in total. The average molecular weight is 434 g/mol. The number of likely N-dealkylation sites (N-methyl/N-ethyl adjacent to an activating group) is 1. The number of ether oxygens (including phenoxy) is 1. The van der Waals surface area contributed by atoms with E-state index in [0.29, 0.717) is 49.6 Å². The van der Waals surface area contributed by atoms with Gasteiger partial charge in [0.15, 0.2) is 0 Å². The number of hydrogen-bond donors (Lipinski definition) is 0. The first-order valence-corrected chi connectivity index (χ1v) is 11.2. The molecule has 0 bridgehead atoms. The van der Waals surface area contributed by atoms with E-state index in [0.717, 1.165) is 15.3 Å². The molecule has 0 saturated heterocycles. The number of anilines is 1. The Balaban J connectivity index is 1.63. The lowest BCUT2D eigenvalue weighted by Crippen LogP contribution is -2.39. The lowest BCUT2D eigenvalue weighted by Gasteiger charge is -2.27. The first-order valence-electron chi connectivity index (χ1n) is 9.49. The molecule has 4 heterocycles. The maximum Gasteiger partial charge on any atom is 0.257 e. The van der Waals surface area contributed by atoms with Gasteiger partial charge in [0.05, 0.1) is 31.7 Å². The number of methoxy groups -OCH3 is 1. The van der Waals surface area contributed by atoms with Gasteiger partial charge in [-0.2, -0.15) is 0 Å². The summed E-state index contributed by atoms with van der Waals surface area (Å²) in [7, 11) is 3.25. The predicted octanol–water partition coefficient (Wildman–Crippen LogP) is 2.00. The third-order valence-electron chi connectivity index (χ3n) is 5.29. The molecule has 0 saturated carbocycles. The van der Waals surface area contributed by atoms with Gasteiger partial charge in [-0.1, -0.05) is 6.07 Å². The maximum atomic E-state index is 13.0. The third-order valence-corrected chi connectivity index (χ3v) is 7.41. The molecule has 9 heteroatoms. The van der Waals surface area contributed by atoms with Gasteiger partial charge in [0.25, 0.3) is 5.91 Å². The minimum Gasteiger partial charge on any atom is -0.383 e. The van der Waals surface area contributed by atoms with Gasteiger partial charge in [0.2, 0.25) is 11.8 Å². The van der Waals surface area contributed by atoms with Crippen molar-refractivity contribution in [3.05, 3.63) is 38.4 Å². The lowest BCUT2D eigenvalue weighted by atomic mass is 10.0. The number of carbonyl (C=O) groups excluding carboxylic acids is 3. The standard InChI is InChI=1S/C20H23N3O4S2/c1-21-12-17(25)23(7-8-27-2)20-18(19(21)26)14-5-6-22(11-15(14)29-20)16(24)10-13-4-3-9-28-13/h3-4,9H,5-8,10-12H2,1-2H3. The zero-order chi connectivity index (χ0) is 20.5. The number of carbonyl (C=O) groups is 3. The van der Waals surface area contributed by atoms with Crippen LogP contribution in [0.2, 0.25) is 0 Å². The van der Waals surface area contributed by atoms with Crippen molar-refractivity contribution >= 4 is 45.4 Å². The van der Waals surface area contributed by atoms with Crippen LogP contribution in [0.25, 0.3) is 0 Å². The van der Waals surface area contributed by atoms with Crippen LogP contribution in [0.1, 0.15) is 25.7 Å². The van der Waals surface area contributed by atoms with Crippen molar-refractivity contribution in [1.82, 2.24) is 9.80 Å². The fourth-order valence-corrected chi connectivity index (χ4v) is 5.85. The molecule has 2 aromatic heterocycles. The summed E-state index contributed by atoms with van der Waals surface area (Å²) in [5.74, 6) is -0.137. The van der Waals surface area contributed by atoms with Gasteiger partial charge < -0.3 is 14.5 Å². The molecule has 2 aromatic rings. The minimum absolute atomic E-state index is 0.0597. The second kappa shape index (κ2) is 8.25. The molecule has 3 amide bonds. The van der Waals surface area contributed by atoms with Gasteiger partial charge in [-0.05, 0) is 23.4 Å². The summed E-state index contributed by atoms with van der Waals surface area (Å²) in [5.41, 5.74) is 1.61. The molecule has 154 valence electrons. The smallest absolute Gasteiger partial charge is 0.257 e. The van der Waals surface area contributed by atoms with Crippen LogP contribution < -0.4 is 4.90 Å². The van der Waals surface area contributed by atoms with Crippen molar-refractivity contribution in [1.29, 1.82) is 0 Å². The molecule has 0 fully saturated rings. The van der Waals surface area contributed by atoms with Crippen molar-refractivity contribution < 1.29 is 19.1 Å². The predicted molar refractivity (Wildman–Crippen MR) is 113 cm³/mol. The molecule has 0 radical (unpaired) electrons. The van der Waals surface area contributed by atoms with E-state index in [1.807, 2.05) is 22.4 Å². The molecule has 29 heavy (non-hydrogen) atoms. The number of amides is 3. The van der Waals surface area contributed by atoms with Crippen LogP contribution in [0.5, 0.6) is 0 Å². The van der Waals surface area contributed by atoms with Gasteiger partial charge in [-0.3, -0.25) is 19.3 Å². The fourth-order valence-electron chi connectivity index (χ4n) is 3.76. The fraction of sp³-hybridized carbons (Fsp3) is 0.450. The quantitative estimate of drug-likeness (QED) is 0.723. The summed E-state index contributed by atoms with van der Waals surface area (Å²) < 4.78 is 5.16. The number of fused-ring (bicyclic) bond motifs is 3. The third kappa shape index (κ3) is 3.82. The van der Waals surface area contributed by atoms with E-state index in [2.05, 4.69) is 0 Å². The van der Waals surface area contributed by atoms with Gasteiger partial charge in [0, 0.05) is 30.5 Å².